The zero-order chi connectivity index (χ0) is 19.6. The number of benzene rings is 2. The standard InChI is InChI=1S/C19H14Cl2FNO3S/c1-26-16(24)9-14(10-2-4-11(20)5-3-10)23-19(25)18-17(21)13-7-6-12(22)8-15(13)27-18/h2-8,14H,9H2,1H3,(H,23,25). The number of fused-ring (bicyclic) bond motifs is 1. The Morgan fingerprint density at radius 3 is 2.56 bits per heavy atom. The summed E-state index contributed by atoms with van der Waals surface area (Å²) >= 11 is 13.3. The molecule has 0 radical (unpaired) electrons. The van der Waals surface area contributed by atoms with Crippen molar-refractivity contribution < 1.29 is 18.7 Å². The lowest BCUT2D eigenvalue weighted by molar-refractivity contribution is -0.141. The van der Waals surface area contributed by atoms with Crippen molar-refractivity contribution in [1.82, 2.24) is 5.32 Å². The summed E-state index contributed by atoms with van der Waals surface area (Å²) in [6.45, 7) is 0. The molecule has 1 unspecified atom stereocenters. The fourth-order valence-electron chi connectivity index (χ4n) is 2.61. The van der Waals surface area contributed by atoms with Crippen LogP contribution >= 0.6 is 34.5 Å². The van der Waals surface area contributed by atoms with Crippen LogP contribution in [0.1, 0.15) is 27.7 Å². The Morgan fingerprint density at radius 2 is 1.89 bits per heavy atom. The minimum absolute atomic E-state index is 0.0545. The second-order valence-corrected chi connectivity index (χ2v) is 7.61. The summed E-state index contributed by atoms with van der Waals surface area (Å²) in [6.07, 6.45) is -0.0545. The number of ether oxygens (including phenoxy) is 1. The summed E-state index contributed by atoms with van der Waals surface area (Å²) in [5.41, 5.74) is 0.696. The van der Waals surface area contributed by atoms with E-state index in [1.165, 1.54) is 25.3 Å². The van der Waals surface area contributed by atoms with Gasteiger partial charge in [-0.05, 0) is 35.9 Å². The van der Waals surface area contributed by atoms with Crippen molar-refractivity contribution in [3.63, 3.8) is 0 Å². The molecule has 0 aliphatic heterocycles. The first-order valence-corrected chi connectivity index (χ1v) is 9.47. The van der Waals surface area contributed by atoms with E-state index in [1.54, 1.807) is 24.3 Å². The molecule has 0 saturated heterocycles. The number of halogens is 3. The molecule has 3 rings (SSSR count). The van der Waals surface area contributed by atoms with Gasteiger partial charge in [-0.15, -0.1) is 11.3 Å². The van der Waals surface area contributed by atoms with E-state index in [9.17, 15) is 14.0 Å². The van der Waals surface area contributed by atoms with E-state index < -0.39 is 23.7 Å². The number of esters is 1. The summed E-state index contributed by atoms with van der Waals surface area (Å²) in [7, 11) is 1.28. The highest BCUT2D eigenvalue weighted by Gasteiger charge is 2.23. The summed E-state index contributed by atoms with van der Waals surface area (Å²) in [6, 6.07) is 10.3. The fraction of sp³-hybridized carbons (Fsp3) is 0.158. The van der Waals surface area contributed by atoms with E-state index in [-0.39, 0.29) is 16.3 Å². The smallest absolute Gasteiger partial charge is 0.307 e. The Labute approximate surface area is 168 Å². The molecule has 27 heavy (non-hydrogen) atoms. The van der Waals surface area contributed by atoms with Crippen molar-refractivity contribution in [3.05, 3.63) is 68.8 Å². The summed E-state index contributed by atoms with van der Waals surface area (Å²) < 4.78 is 18.7. The normalized spacial score (nSPS) is 12.0. The molecular weight excluding hydrogens is 412 g/mol. The number of nitrogens with one attached hydrogen (secondary N) is 1. The molecule has 0 bridgehead atoms. The van der Waals surface area contributed by atoms with Gasteiger partial charge in [0.05, 0.1) is 24.6 Å². The molecule has 0 aliphatic carbocycles. The van der Waals surface area contributed by atoms with Gasteiger partial charge < -0.3 is 10.1 Å². The molecule has 1 N–H and O–H groups in total. The average Bonchev–Trinajstić information content (AvgIpc) is 2.97. The van der Waals surface area contributed by atoms with Crippen LogP contribution in [0.4, 0.5) is 4.39 Å². The lowest BCUT2D eigenvalue weighted by Crippen LogP contribution is -2.30. The highest BCUT2D eigenvalue weighted by molar-refractivity contribution is 7.21. The number of carbonyl (C=O) groups is 2. The minimum atomic E-state index is -0.625. The quantitative estimate of drug-likeness (QED) is 0.558. The van der Waals surface area contributed by atoms with Crippen LogP contribution in [0.2, 0.25) is 10.0 Å². The zero-order valence-electron chi connectivity index (χ0n) is 14.1. The molecule has 0 fully saturated rings. The first-order valence-electron chi connectivity index (χ1n) is 7.89. The molecular formula is C19H14Cl2FNO3S. The molecule has 0 spiro atoms. The van der Waals surface area contributed by atoms with Crippen LogP contribution in [0, 0.1) is 5.82 Å². The van der Waals surface area contributed by atoms with Gasteiger partial charge in [-0.25, -0.2) is 4.39 Å². The summed E-state index contributed by atoms with van der Waals surface area (Å²) in [5, 5.41) is 4.19. The molecule has 4 nitrogen and oxygen atoms in total. The van der Waals surface area contributed by atoms with E-state index in [0.29, 0.717) is 20.7 Å². The Balaban J connectivity index is 1.91. The van der Waals surface area contributed by atoms with Crippen LogP contribution in [0.15, 0.2) is 42.5 Å². The lowest BCUT2D eigenvalue weighted by Gasteiger charge is -2.18. The highest BCUT2D eigenvalue weighted by Crippen LogP contribution is 2.36. The number of hydrogen-bond acceptors (Lipinski definition) is 4. The third-order valence-electron chi connectivity index (χ3n) is 3.97. The van der Waals surface area contributed by atoms with Gasteiger partial charge in [-0.2, -0.15) is 0 Å². The summed E-state index contributed by atoms with van der Waals surface area (Å²) in [5.74, 6) is -1.33. The molecule has 2 aromatic carbocycles. The first-order chi connectivity index (χ1) is 12.9. The van der Waals surface area contributed by atoms with Crippen molar-refractivity contribution in [2.24, 2.45) is 0 Å². The van der Waals surface area contributed by atoms with Gasteiger partial charge in [-0.1, -0.05) is 35.3 Å². The van der Waals surface area contributed by atoms with Crippen LogP contribution < -0.4 is 5.32 Å². The summed E-state index contributed by atoms with van der Waals surface area (Å²) in [4.78, 5) is 24.8. The number of rotatable bonds is 5. The lowest BCUT2D eigenvalue weighted by atomic mass is 10.0. The number of thiophene rings is 1. The maximum atomic E-state index is 13.4. The number of methoxy groups -OCH3 is 1. The fourth-order valence-corrected chi connectivity index (χ4v) is 4.18. The van der Waals surface area contributed by atoms with Crippen LogP contribution in [-0.2, 0) is 9.53 Å². The monoisotopic (exact) mass is 425 g/mol. The van der Waals surface area contributed by atoms with E-state index in [2.05, 4.69) is 5.32 Å². The van der Waals surface area contributed by atoms with Crippen molar-refractivity contribution in [3.8, 4) is 0 Å². The first kappa shape index (κ1) is 19.6. The molecule has 0 aliphatic rings. The number of amides is 1. The second-order valence-electron chi connectivity index (χ2n) is 5.74. The molecule has 1 amide bonds. The van der Waals surface area contributed by atoms with Gasteiger partial charge in [0.25, 0.3) is 5.91 Å². The third kappa shape index (κ3) is 4.40. The Hall–Kier alpha value is -2.15. The van der Waals surface area contributed by atoms with Crippen LogP contribution in [0.5, 0.6) is 0 Å². The molecule has 140 valence electrons. The van der Waals surface area contributed by atoms with E-state index in [0.717, 1.165) is 11.3 Å². The molecule has 0 saturated carbocycles. The zero-order valence-corrected chi connectivity index (χ0v) is 16.4. The predicted molar refractivity (Wildman–Crippen MR) is 105 cm³/mol. The van der Waals surface area contributed by atoms with Gasteiger partial charge in [0, 0.05) is 15.1 Å². The van der Waals surface area contributed by atoms with Gasteiger partial charge in [0.2, 0.25) is 0 Å². The largest absolute Gasteiger partial charge is 0.469 e. The minimum Gasteiger partial charge on any atom is -0.469 e. The molecule has 1 heterocycles. The molecule has 3 aromatic rings. The Morgan fingerprint density at radius 1 is 1.19 bits per heavy atom. The topological polar surface area (TPSA) is 55.4 Å². The van der Waals surface area contributed by atoms with Crippen molar-refractivity contribution >= 4 is 56.5 Å². The van der Waals surface area contributed by atoms with Crippen LogP contribution in [0.25, 0.3) is 10.1 Å². The maximum absolute atomic E-state index is 13.4. The highest BCUT2D eigenvalue weighted by atomic mass is 35.5. The predicted octanol–water partition coefficient (Wildman–Crippen LogP) is 5.38. The van der Waals surface area contributed by atoms with E-state index >= 15 is 0 Å². The molecule has 1 aromatic heterocycles. The average molecular weight is 426 g/mol. The van der Waals surface area contributed by atoms with Gasteiger partial charge in [0.1, 0.15) is 10.7 Å². The third-order valence-corrected chi connectivity index (χ3v) is 5.88. The van der Waals surface area contributed by atoms with E-state index in [4.69, 9.17) is 27.9 Å². The number of carbonyl (C=O) groups excluding carboxylic acids is 2. The van der Waals surface area contributed by atoms with Crippen molar-refractivity contribution in [2.45, 2.75) is 12.5 Å². The van der Waals surface area contributed by atoms with Gasteiger partial charge in [-0.3, -0.25) is 9.59 Å². The Kier molecular flexibility index (Phi) is 5.99. The van der Waals surface area contributed by atoms with Gasteiger partial charge >= 0.3 is 5.97 Å². The van der Waals surface area contributed by atoms with Crippen molar-refractivity contribution in [2.75, 3.05) is 7.11 Å². The molecule has 1 atom stereocenters. The van der Waals surface area contributed by atoms with Crippen LogP contribution in [0.3, 0.4) is 0 Å². The number of hydrogen-bond donors (Lipinski definition) is 1. The van der Waals surface area contributed by atoms with Crippen LogP contribution in [-0.4, -0.2) is 19.0 Å². The van der Waals surface area contributed by atoms with Crippen molar-refractivity contribution in [1.29, 1.82) is 0 Å². The van der Waals surface area contributed by atoms with E-state index in [1.807, 2.05) is 0 Å². The SMILES string of the molecule is COC(=O)CC(NC(=O)c1sc2cc(F)ccc2c1Cl)c1ccc(Cl)cc1. The Bertz CT molecular complexity index is 1000. The maximum Gasteiger partial charge on any atom is 0.307 e. The second kappa shape index (κ2) is 8.25. The van der Waals surface area contributed by atoms with Gasteiger partial charge in [0.15, 0.2) is 0 Å². The molecule has 8 heteroatoms.